The smallest absolute Gasteiger partial charge is 0.243 e. The first-order chi connectivity index (χ1) is 13.8. The van der Waals surface area contributed by atoms with Crippen molar-refractivity contribution in [2.75, 3.05) is 16.8 Å². The Balaban J connectivity index is 1.76. The molecule has 2 aromatic carbocycles. The van der Waals surface area contributed by atoms with E-state index in [4.69, 9.17) is 11.6 Å². The predicted octanol–water partition coefficient (Wildman–Crippen LogP) is 3.02. The maximum Gasteiger partial charge on any atom is 0.243 e. The van der Waals surface area contributed by atoms with Crippen LogP contribution in [-0.2, 0) is 21.4 Å². The van der Waals surface area contributed by atoms with Gasteiger partial charge in [-0.25, -0.2) is 13.6 Å². The highest BCUT2D eigenvalue weighted by Crippen LogP contribution is 2.21. The molecule has 0 aliphatic heterocycles. The number of anilines is 2. The van der Waals surface area contributed by atoms with Gasteiger partial charge in [0.1, 0.15) is 0 Å². The Hall–Kier alpha value is -3.12. The second-order valence-electron chi connectivity index (χ2n) is 6.25. The van der Waals surface area contributed by atoms with E-state index in [1.165, 1.54) is 24.3 Å². The Morgan fingerprint density at radius 3 is 2.52 bits per heavy atom. The van der Waals surface area contributed by atoms with Crippen LogP contribution in [0.3, 0.4) is 0 Å². The molecule has 1 heterocycles. The molecule has 29 heavy (non-hydrogen) atoms. The van der Waals surface area contributed by atoms with Crippen LogP contribution < -0.4 is 15.4 Å². The average molecular weight is 426 g/mol. The number of rotatable bonds is 7. The summed E-state index contributed by atoms with van der Waals surface area (Å²) in [7, 11) is -3.77. The molecule has 1 amide bonds. The Labute approximate surface area is 174 Å². The van der Waals surface area contributed by atoms with E-state index in [9.17, 15) is 13.2 Å². The fraction of sp³-hybridized carbons (Fsp3) is 0.0952. The molecule has 0 saturated carbocycles. The zero-order valence-corrected chi connectivity index (χ0v) is 17.0. The molecule has 3 N–H and O–H groups in total. The average Bonchev–Trinajstić information content (AvgIpc) is 3.20. The van der Waals surface area contributed by atoms with Crippen LogP contribution in [0.15, 0.2) is 70.9 Å². The van der Waals surface area contributed by atoms with Crippen molar-refractivity contribution in [1.82, 2.24) is 0 Å². The van der Waals surface area contributed by atoms with E-state index >= 15 is 0 Å². The second-order valence-corrected chi connectivity index (χ2v) is 8.84. The topological polar surface area (TPSA) is 92.5 Å². The van der Waals surface area contributed by atoms with Gasteiger partial charge in [0.05, 0.1) is 18.0 Å². The zero-order chi connectivity index (χ0) is 20.9. The summed E-state index contributed by atoms with van der Waals surface area (Å²) in [4.78, 5) is 15.7. The van der Waals surface area contributed by atoms with E-state index < -0.39 is 10.0 Å². The summed E-state index contributed by atoms with van der Waals surface area (Å²) >= 11 is 1.61. The van der Waals surface area contributed by atoms with Crippen LogP contribution >= 0.6 is 11.3 Å². The number of amides is 1. The molecular weight excluding hydrogens is 406 g/mol. The lowest BCUT2D eigenvalue weighted by molar-refractivity contribution is -0.115. The maximum atomic E-state index is 12.6. The van der Waals surface area contributed by atoms with Crippen LogP contribution in [0.4, 0.5) is 11.4 Å². The second kappa shape index (κ2) is 8.92. The molecule has 0 atom stereocenters. The third-order valence-corrected chi connectivity index (χ3v) is 5.90. The van der Waals surface area contributed by atoms with Crippen molar-refractivity contribution >= 4 is 38.6 Å². The van der Waals surface area contributed by atoms with Gasteiger partial charge in [-0.15, -0.1) is 17.8 Å². The SMILES string of the molecule is C#Cc1cccc(N(CC(=O)Nc2ccc(S(N)(=O)=O)cc2)Cc2cccs2)c1. The van der Waals surface area contributed by atoms with Crippen LogP contribution in [0.5, 0.6) is 0 Å². The Kier molecular flexibility index (Phi) is 6.34. The van der Waals surface area contributed by atoms with Crippen LogP contribution in [-0.4, -0.2) is 20.9 Å². The van der Waals surface area contributed by atoms with Crippen LogP contribution in [0.25, 0.3) is 0 Å². The zero-order valence-electron chi connectivity index (χ0n) is 15.4. The van der Waals surface area contributed by atoms with E-state index in [-0.39, 0.29) is 17.3 Å². The molecule has 6 nitrogen and oxygen atoms in total. The summed E-state index contributed by atoms with van der Waals surface area (Å²) in [6.07, 6.45) is 5.50. The molecule has 0 unspecified atom stereocenters. The monoisotopic (exact) mass is 425 g/mol. The molecule has 0 aliphatic rings. The first-order valence-electron chi connectivity index (χ1n) is 8.62. The molecule has 0 aliphatic carbocycles. The number of hydrogen-bond donors (Lipinski definition) is 2. The predicted molar refractivity (Wildman–Crippen MR) is 116 cm³/mol. The van der Waals surface area contributed by atoms with E-state index in [2.05, 4.69) is 11.2 Å². The first-order valence-corrected chi connectivity index (χ1v) is 11.0. The summed E-state index contributed by atoms with van der Waals surface area (Å²) in [5.74, 6) is 2.37. The Morgan fingerprint density at radius 2 is 1.90 bits per heavy atom. The molecule has 8 heteroatoms. The van der Waals surface area contributed by atoms with Gasteiger partial charge >= 0.3 is 0 Å². The van der Waals surface area contributed by atoms with E-state index in [1.807, 2.05) is 46.7 Å². The number of carbonyl (C=O) groups is 1. The molecule has 148 valence electrons. The Morgan fingerprint density at radius 1 is 1.14 bits per heavy atom. The largest absolute Gasteiger partial charge is 0.357 e. The number of nitrogens with one attached hydrogen (secondary N) is 1. The third kappa shape index (κ3) is 5.68. The van der Waals surface area contributed by atoms with Crippen molar-refractivity contribution < 1.29 is 13.2 Å². The van der Waals surface area contributed by atoms with Crippen molar-refractivity contribution in [2.45, 2.75) is 11.4 Å². The van der Waals surface area contributed by atoms with Gasteiger partial charge in [-0.05, 0) is 53.9 Å². The molecule has 3 aromatic rings. The van der Waals surface area contributed by atoms with Gasteiger partial charge in [-0.1, -0.05) is 18.1 Å². The quantitative estimate of drug-likeness (QED) is 0.569. The molecular formula is C21H19N3O3S2. The van der Waals surface area contributed by atoms with Gasteiger partial charge < -0.3 is 10.2 Å². The molecule has 0 spiro atoms. The Bertz CT molecular complexity index is 1130. The fourth-order valence-electron chi connectivity index (χ4n) is 2.72. The first kappa shape index (κ1) is 20.6. The summed E-state index contributed by atoms with van der Waals surface area (Å²) in [5.41, 5.74) is 2.06. The standard InChI is InChI=1S/C21H19N3O3S2/c1-2-16-5-3-6-18(13-16)24(14-19-7-4-12-28-19)15-21(25)23-17-8-10-20(11-9-17)29(22,26)27/h1,3-13H,14-15H2,(H,23,25)(H2,22,26,27). The molecule has 1 aromatic heterocycles. The minimum absolute atomic E-state index is 0.0130. The third-order valence-electron chi connectivity index (χ3n) is 4.11. The number of nitrogens with zero attached hydrogens (tertiary/aromatic N) is 1. The van der Waals surface area contributed by atoms with E-state index in [1.54, 1.807) is 11.3 Å². The fourth-order valence-corrected chi connectivity index (χ4v) is 3.96. The van der Waals surface area contributed by atoms with Crippen molar-refractivity contribution in [3.05, 3.63) is 76.5 Å². The van der Waals surface area contributed by atoms with Gasteiger partial charge in [0, 0.05) is 21.8 Å². The molecule has 0 bridgehead atoms. The number of benzene rings is 2. The normalized spacial score (nSPS) is 10.9. The highest BCUT2D eigenvalue weighted by molar-refractivity contribution is 7.89. The highest BCUT2D eigenvalue weighted by atomic mass is 32.2. The summed E-state index contributed by atoms with van der Waals surface area (Å²) in [6.45, 7) is 0.659. The molecule has 3 rings (SSSR count). The van der Waals surface area contributed by atoms with Crippen molar-refractivity contribution in [2.24, 2.45) is 5.14 Å². The van der Waals surface area contributed by atoms with Gasteiger partial charge in [0.25, 0.3) is 0 Å². The van der Waals surface area contributed by atoms with Gasteiger partial charge in [-0.3, -0.25) is 4.79 Å². The summed E-state index contributed by atoms with van der Waals surface area (Å²) in [5, 5.41) is 9.85. The van der Waals surface area contributed by atoms with Crippen molar-refractivity contribution in [1.29, 1.82) is 0 Å². The maximum absolute atomic E-state index is 12.6. The van der Waals surface area contributed by atoms with Crippen LogP contribution in [0.1, 0.15) is 10.4 Å². The van der Waals surface area contributed by atoms with E-state index in [0.717, 1.165) is 16.1 Å². The molecule has 0 radical (unpaired) electrons. The minimum atomic E-state index is -3.77. The van der Waals surface area contributed by atoms with Crippen molar-refractivity contribution in [3.8, 4) is 12.3 Å². The number of carbonyl (C=O) groups excluding carboxylic acids is 1. The number of hydrogen-bond acceptors (Lipinski definition) is 5. The summed E-state index contributed by atoms with van der Waals surface area (Å²) in [6, 6.07) is 17.1. The molecule has 0 fully saturated rings. The lowest BCUT2D eigenvalue weighted by Crippen LogP contribution is -2.32. The van der Waals surface area contributed by atoms with Gasteiger partial charge in [0.2, 0.25) is 15.9 Å². The number of nitrogens with two attached hydrogens (primary N) is 1. The summed E-state index contributed by atoms with van der Waals surface area (Å²) < 4.78 is 22.7. The van der Waals surface area contributed by atoms with Gasteiger partial charge in [0.15, 0.2) is 0 Å². The van der Waals surface area contributed by atoms with E-state index in [0.29, 0.717) is 12.2 Å². The van der Waals surface area contributed by atoms with Crippen LogP contribution in [0, 0.1) is 12.3 Å². The number of sulfonamides is 1. The van der Waals surface area contributed by atoms with Gasteiger partial charge in [-0.2, -0.15) is 0 Å². The van der Waals surface area contributed by atoms with Crippen LogP contribution in [0.2, 0.25) is 0 Å². The minimum Gasteiger partial charge on any atom is -0.357 e. The number of terminal acetylenes is 1. The molecule has 0 saturated heterocycles. The van der Waals surface area contributed by atoms with Crippen molar-refractivity contribution in [3.63, 3.8) is 0 Å². The lowest BCUT2D eigenvalue weighted by Gasteiger charge is -2.24. The number of primary sulfonamides is 1. The highest BCUT2D eigenvalue weighted by Gasteiger charge is 2.14. The lowest BCUT2D eigenvalue weighted by atomic mass is 10.2. The number of thiophene rings is 1.